The highest BCUT2D eigenvalue weighted by molar-refractivity contribution is 6.01. The van der Waals surface area contributed by atoms with Crippen LogP contribution in [0.4, 0.5) is 0 Å². The second-order valence-electron chi connectivity index (χ2n) is 9.48. The number of aliphatic hydroxyl groups excluding tert-OH is 1. The maximum atomic E-state index is 13.8. The van der Waals surface area contributed by atoms with Crippen molar-refractivity contribution in [3.8, 4) is 0 Å². The summed E-state index contributed by atoms with van der Waals surface area (Å²) < 4.78 is 118. The number of rotatable bonds is 4. The van der Waals surface area contributed by atoms with Crippen LogP contribution in [0.2, 0.25) is 0 Å². The van der Waals surface area contributed by atoms with Crippen LogP contribution in [0.1, 0.15) is 76.9 Å². The molecule has 1 saturated heterocycles. The third-order valence-electron chi connectivity index (χ3n) is 8.28. The molecule has 1 heterocycles. The molecule has 0 aromatic rings. The van der Waals surface area contributed by atoms with Crippen LogP contribution in [0.15, 0.2) is 23.8 Å². The highest BCUT2D eigenvalue weighted by atomic mass is 16.7. The maximum Gasteiger partial charge on any atom is 0.193 e. The lowest BCUT2D eigenvalue weighted by Crippen LogP contribution is -2.63. The van der Waals surface area contributed by atoms with E-state index in [1.807, 2.05) is 0 Å². The Bertz CT molecular complexity index is 1370. The molecule has 4 fully saturated rings. The van der Waals surface area contributed by atoms with Gasteiger partial charge in [-0.05, 0) is 56.0 Å². The molecule has 0 aromatic carbocycles. The fourth-order valence-electron chi connectivity index (χ4n) is 7.09. The largest absolute Gasteiger partial charge is 0.393 e. The molecule has 2 N–H and O–H groups in total. The van der Waals surface area contributed by atoms with E-state index in [2.05, 4.69) is 0 Å². The van der Waals surface area contributed by atoms with E-state index < -0.39 is 109 Å². The van der Waals surface area contributed by atoms with Crippen molar-refractivity contribution in [3.63, 3.8) is 0 Å². The van der Waals surface area contributed by atoms with Gasteiger partial charge in [-0.25, -0.2) is 0 Å². The van der Waals surface area contributed by atoms with Crippen molar-refractivity contribution in [1.29, 1.82) is 0 Å². The number of carbonyl (C=O) groups excluding carboxylic acids is 2. The molecule has 6 heteroatoms. The lowest BCUT2D eigenvalue weighted by molar-refractivity contribution is -0.200. The molecular formula is C25H34O6. The van der Waals surface area contributed by atoms with Crippen molar-refractivity contribution in [2.45, 2.75) is 83.2 Å². The topological polar surface area (TPSA) is 93.1 Å². The summed E-state index contributed by atoms with van der Waals surface area (Å²) in [6, 6.07) is -0.922. The van der Waals surface area contributed by atoms with Crippen LogP contribution in [0.25, 0.3) is 0 Å². The number of fused-ring (bicyclic) bond motifs is 7. The van der Waals surface area contributed by atoms with Crippen molar-refractivity contribution < 1.29 is 47.1 Å². The molecule has 31 heavy (non-hydrogen) atoms. The minimum atomic E-state index is -3.60. The normalized spacial score (nSPS) is 60.6. The molecule has 0 bridgehead atoms. The number of allylic oxidation sites excluding steroid dienone is 4. The summed E-state index contributed by atoms with van der Waals surface area (Å²) in [5.41, 5.74) is -6.14. The summed E-state index contributed by atoms with van der Waals surface area (Å²) in [6.07, 6.45) is -14.9. The van der Waals surface area contributed by atoms with Gasteiger partial charge in [0.15, 0.2) is 23.5 Å². The Kier molecular flexibility index (Phi) is 2.55. The highest BCUT2D eigenvalue weighted by Crippen LogP contribution is 2.69. The zero-order valence-corrected chi connectivity index (χ0v) is 17.2. The number of ketones is 2. The molecule has 170 valence electrons. The number of aliphatic hydroxyl groups is 2. The lowest BCUT2D eigenvalue weighted by Gasteiger charge is -2.59. The van der Waals surface area contributed by atoms with Gasteiger partial charge in [-0.3, -0.25) is 9.59 Å². The van der Waals surface area contributed by atoms with E-state index in [-0.39, 0.29) is 24.5 Å². The quantitative estimate of drug-likeness (QED) is 0.694. The molecule has 5 aliphatic rings. The van der Waals surface area contributed by atoms with Gasteiger partial charge < -0.3 is 19.7 Å². The first-order chi connectivity index (χ1) is 19.6. The Labute approximate surface area is 201 Å². The fourth-order valence-corrected chi connectivity index (χ4v) is 7.09. The van der Waals surface area contributed by atoms with E-state index in [0.29, 0.717) is 0 Å². The average Bonchev–Trinajstić information content (AvgIpc) is 3.34. The maximum absolute atomic E-state index is 13.8. The zero-order valence-electron chi connectivity index (χ0n) is 30.2. The lowest BCUT2D eigenvalue weighted by atomic mass is 9.46. The summed E-state index contributed by atoms with van der Waals surface area (Å²) in [4.78, 5) is 26.3. The average molecular weight is 444 g/mol. The molecule has 1 aliphatic heterocycles. The second kappa shape index (κ2) is 7.08. The third-order valence-corrected chi connectivity index (χ3v) is 8.28. The van der Waals surface area contributed by atoms with Crippen LogP contribution in [0.3, 0.4) is 0 Å². The fraction of sp³-hybridized carbons (Fsp3) is 0.760. The molecule has 0 radical (unpaired) electrons. The number of hydrogen-bond donors (Lipinski definition) is 2. The molecule has 5 rings (SSSR count). The Morgan fingerprint density at radius 3 is 3.03 bits per heavy atom. The molecule has 0 spiro atoms. The summed E-state index contributed by atoms with van der Waals surface area (Å²) in [7, 11) is 0. The van der Waals surface area contributed by atoms with Crippen molar-refractivity contribution in [3.05, 3.63) is 23.8 Å². The van der Waals surface area contributed by atoms with Gasteiger partial charge in [0, 0.05) is 29.1 Å². The van der Waals surface area contributed by atoms with E-state index in [4.69, 9.17) is 27.3 Å². The van der Waals surface area contributed by atoms with Crippen molar-refractivity contribution >= 4 is 11.6 Å². The Morgan fingerprint density at radius 2 is 2.29 bits per heavy atom. The number of Topliss-reactive ketones (excluding diaryl/α,β-unsaturated/α-hetero) is 1. The minimum Gasteiger partial charge on any atom is -0.393 e. The van der Waals surface area contributed by atoms with Crippen molar-refractivity contribution in [1.82, 2.24) is 0 Å². The van der Waals surface area contributed by atoms with E-state index in [9.17, 15) is 19.8 Å². The van der Waals surface area contributed by atoms with Crippen LogP contribution >= 0.6 is 0 Å². The number of hydrogen-bond acceptors (Lipinski definition) is 6. The predicted molar refractivity (Wildman–Crippen MR) is 113 cm³/mol. The van der Waals surface area contributed by atoms with Crippen LogP contribution in [-0.2, 0) is 19.1 Å². The summed E-state index contributed by atoms with van der Waals surface area (Å²) >= 11 is 0. The van der Waals surface area contributed by atoms with Crippen LogP contribution in [-0.4, -0.2) is 52.4 Å². The van der Waals surface area contributed by atoms with Gasteiger partial charge in [0.05, 0.1) is 17.7 Å². The van der Waals surface area contributed by atoms with E-state index in [0.717, 1.165) is 6.08 Å². The van der Waals surface area contributed by atoms with Gasteiger partial charge in [-0.2, -0.15) is 0 Å². The zero-order chi connectivity index (χ0) is 33.6. The summed E-state index contributed by atoms with van der Waals surface area (Å²) in [6.45, 7) is -4.23. The van der Waals surface area contributed by atoms with Gasteiger partial charge in [0.2, 0.25) is 0 Å². The van der Waals surface area contributed by atoms with Gasteiger partial charge in [-0.1, -0.05) is 38.7 Å². The highest BCUT2D eigenvalue weighted by Gasteiger charge is 2.75. The molecule has 0 aromatic heterocycles. The van der Waals surface area contributed by atoms with E-state index in [1.54, 1.807) is 0 Å². The standard InChI is InChI=1S/C25H34O6/c1-4-5-21-30-20-11-17-16-7-6-14-10-15(27)8-9-23(14,2)22(16)18(28)12-24(17,3)25(20,31-21)19(29)13-26/h8-10,16-18,20-22,26,28H,4-7,11-13H2,1-3H3/t16-,17-,18-,20+,21?,22+,23-,24-,25+/m0/s1/i1D3,4D2,5D2,6D2,9D,10D,13D2. The first-order valence-corrected chi connectivity index (χ1v) is 10.4. The van der Waals surface area contributed by atoms with E-state index >= 15 is 0 Å². The first-order valence-electron chi connectivity index (χ1n) is 16.9. The summed E-state index contributed by atoms with van der Waals surface area (Å²) in [5.74, 6) is -5.16. The Balaban J connectivity index is 1.66. The smallest absolute Gasteiger partial charge is 0.193 e. The summed E-state index contributed by atoms with van der Waals surface area (Å²) in [5, 5.41) is 22.1. The van der Waals surface area contributed by atoms with Crippen LogP contribution in [0, 0.1) is 28.6 Å². The van der Waals surface area contributed by atoms with E-state index in [1.165, 1.54) is 13.8 Å². The molecular weight excluding hydrogens is 396 g/mol. The van der Waals surface area contributed by atoms with Crippen LogP contribution in [0.5, 0.6) is 0 Å². The van der Waals surface area contributed by atoms with Gasteiger partial charge in [0.25, 0.3) is 0 Å². The SMILES string of the molecule is [2H]C1=CC(=O)C([2H])=C2C([2H])([2H])C[C@@H]3[C@H]([C@@H](O)C[C@@]4(C)[C@H]3C[C@H]3OC(C([2H])([2H])C([2H])([2H])C([2H])([2H])[2H])O[C@]34C(=O)C([2H])([2H])O)[C@@]12C. The monoisotopic (exact) mass is 443 g/mol. The van der Waals surface area contributed by atoms with Gasteiger partial charge in [-0.15, -0.1) is 0 Å². The Hall–Kier alpha value is -1.34. The third kappa shape index (κ3) is 2.65. The van der Waals surface area contributed by atoms with Crippen molar-refractivity contribution in [2.24, 2.45) is 28.6 Å². The second-order valence-corrected chi connectivity index (χ2v) is 9.48. The molecule has 3 saturated carbocycles. The minimum absolute atomic E-state index is 0.241. The van der Waals surface area contributed by atoms with Gasteiger partial charge >= 0.3 is 0 Å². The van der Waals surface area contributed by atoms with Crippen molar-refractivity contribution in [2.75, 3.05) is 6.56 Å². The first kappa shape index (κ1) is 11.2. The van der Waals surface area contributed by atoms with Gasteiger partial charge in [0.1, 0.15) is 6.56 Å². The molecule has 0 amide bonds. The molecule has 1 unspecified atom stereocenters. The van der Waals surface area contributed by atoms with Crippen LogP contribution < -0.4 is 0 Å². The molecule has 6 nitrogen and oxygen atoms in total. The number of carbonyl (C=O) groups is 2. The molecule has 4 aliphatic carbocycles. The molecule has 9 atom stereocenters. The Morgan fingerprint density at radius 1 is 1.48 bits per heavy atom. The predicted octanol–water partition coefficient (Wildman–Crippen LogP) is 2.72. The number of ether oxygens (including phenoxy) is 2.